The van der Waals surface area contributed by atoms with E-state index in [4.69, 9.17) is 17.3 Å². The highest BCUT2D eigenvalue weighted by atomic mass is 35.5. The number of aromatic nitrogens is 3. The molecule has 0 unspecified atom stereocenters. The second-order valence-corrected chi connectivity index (χ2v) is 6.14. The summed E-state index contributed by atoms with van der Waals surface area (Å²) in [4.78, 5) is 19.9. The van der Waals surface area contributed by atoms with Crippen molar-refractivity contribution in [3.63, 3.8) is 0 Å². The van der Waals surface area contributed by atoms with E-state index in [-0.39, 0.29) is 12.3 Å². The lowest BCUT2D eigenvalue weighted by molar-refractivity contribution is -0.117. The SMILES string of the molecule is NC(=O)Cc1ccc(Nc2nc3ccc(Cl)cc3n3cncc23)cc1. The third-order valence-electron chi connectivity index (χ3n) is 3.91. The van der Waals surface area contributed by atoms with Crippen molar-refractivity contribution in [1.29, 1.82) is 0 Å². The van der Waals surface area contributed by atoms with Crippen molar-refractivity contribution in [3.8, 4) is 0 Å². The fourth-order valence-electron chi connectivity index (χ4n) is 2.76. The van der Waals surface area contributed by atoms with E-state index in [0.29, 0.717) is 10.8 Å². The average molecular weight is 352 g/mol. The van der Waals surface area contributed by atoms with E-state index in [2.05, 4.69) is 15.3 Å². The number of primary amides is 1. The van der Waals surface area contributed by atoms with E-state index in [1.54, 1.807) is 12.5 Å². The third-order valence-corrected chi connectivity index (χ3v) is 4.14. The second-order valence-electron chi connectivity index (χ2n) is 5.71. The molecule has 2 aromatic heterocycles. The van der Waals surface area contributed by atoms with Gasteiger partial charge in [-0.05, 0) is 35.9 Å². The number of nitrogens with zero attached hydrogens (tertiary/aromatic N) is 3. The number of anilines is 2. The predicted molar refractivity (Wildman–Crippen MR) is 98.1 cm³/mol. The molecule has 3 N–H and O–H groups in total. The van der Waals surface area contributed by atoms with Crippen molar-refractivity contribution in [2.45, 2.75) is 6.42 Å². The minimum Gasteiger partial charge on any atom is -0.369 e. The number of rotatable bonds is 4. The maximum absolute atomic E-state index is 11.0. The summed E-state index contributed by atoms with van der Waals surface area (Å²) in [5, 5.41) is 3.95. The van der Waals surface area contributed by atoms with Crippen LogP contribution in [0.4, 0.5) is 11.5 Å². The first kappa shape index (κ1) is 15.4. The van der Waals surface area contributed by atoms with E-state index in [1.807, 2.05) is 46.9 Å². The zero-order valence-electron chi connectivity index (χ0n) is 13.1. The lowest BCUT2D eigenvalue weighted by Crippen LogP contribution is -2.13. The van der Waals surface area contributed by atoms with Crippen LogP contribution in [0, 0.1) is 0 Å². The molecular weight excluding hydrogens is 338 g/mol. The summed E-state index contributed by atoms with van der Waals surface area (Å²) in [5.41, 5.74) is 9.49. The molecule has 0 spiro atoms. The molecule has 0 aliphatic carbocycles. The van der Waals surface area contributed by atoms with Crippen LogP contribution >= 0.6 is 11.6 Å². The van der Waals surface area contributed by atoms with E-state index in [0.717, 1.165) is 27.8 Å². The molecular formula is C18H14ClN5O. The Hall–Kier alpha value is -3.12. The van der Waals surface area contributed by atoms with Crippen LogP contribution in [0.3, 0.4) is 0 Å². The van der Waals surface area contributed by atoms with Crippen LogP contribution < -0.4 is 11.1 Å². The topological polar surface area (TPSA) is 85.3 Å². The largest absolute Gasteiger partial charge is 0.369 e. The summed E-state index contributed by atoms with van der Waals surface area (Å²) in [7, 11) is 0. The number of carbonyl (C=O) groups excluding carboxylic acids is 1. The first-order valence-corrected chi connectivity index (χ1v) is 8.03. The van der Waals surface area contributed by atoms with Gasteiger partial charge in [-0.2, -0.15) is 0 Å². The highest BCUT2D eigenvalue weighted by molar-refractivity contribution is 6.31. The Morgan fingerprint density at radius 1 is 1.16 bits per heavy atom. The Bertz CT molecular complexity index is 1090. The first-order valence-electron chi connectivity index (χ1n) is 7.66. The Kier molecular flexibility index (Phi) is 3.74. The molecule has 0 atom stereocenters. The van der Waals surface area contributed by atoms with Gasteiger partial charge in [0.05, 0.1) is 30.0 Å². The zero-order valence-corrected chi connectivity index (χ0v) is 13.9. The van der Waals surface area contributed by atoms with Gasteiger partial charge in [0.1, 0.15) is 5.52 Å². The monoisotopic (exact) mass is 351 g/mol. The van der Waals surface area contributed by atoms with Crippen LogP contribution in [0.2, 0.25) is 5.02 Å². The fraction of sp³-hybridized carbons (Fsp3) is 0.0556. The number of fused-ring (bicyclic) bond motifs is 3. The van der Waals surface area contributed by atoms with Gasteiger partial charge < -0.3 is 11.1 Å². The second kappa shape index (κ2) is 6.07. The van der Waals surface area contributed by atoms with Gasteiger partial charge in [-0.1, -0.05) is 23.7 Å². The van der Waals surface area contributed by atoms with Gasteiger partial charge in [-0.3, -0.25) is 9.20 Å². The number of nitrogens with two attached hydrogens (primary N) is 1. The molecule has 0 aliphatic heterocycles. The molecule has 4 aromatic rings. The Morgan fingerprint density at radius 3 is 2.72 bits per heavy atom. The number of halogens is 1. The minimum atomic E-state index is -0.350. The van der Waals surface area contributed by atoms with E-state index in [9.17, 15) is 4.79 Å². The molecule has 0 bridgehead atoms. The van der Waals surface area contributed by atoms with Crippen LogP contribution in [0.25, 0.3) is 16.6 Å². The number of hydrogen-bond acceptors (Lipinski definition) is 4. The maximum atomic E-state index is 11.0. The highest BCUT2D eigenvalue weighted by Crippen LogP contribution is 2.26. The van der Waals surface area contributed by atoms with Crippen LogP contribution in [-0.2, 0) is 11.2 Å². The van der Waals surface area contributed by atoms with Crippen LogP contribution in [0.15, 0.2) is 55.0 Å². The number of carbonyl (C=O) groups is 1. The zero-order chi connectivity index (χ0) is 17.4. The summed E-state index contributed by atoms with van der Waals surface area (Å²) in [5.74, 6) is 0.339. The lowest BCUT2D eigenvalue weighted by atomic mass is 10.1. The van der Waals surface area contributed by atoms with Gasteiger partial charge in [0.25, 0.3) is 0 Å². The lowest BCUT2D eigenvalue weighted by Gasteiger charge is -2.11. The molecule has 6 nitrogen and oxygen atoms in total. The molecule has 2 heterocycles. The summed E-state index contributed by atoms with van der Waals surface area (Å²) in [6, 6.07) is 13.0. The number of hydrogen-bond donors (Lipinski definition) is 2. The van der Waals surface area contributed by atoms with Gasteiger partial charge in [0, 0.05) is 10.7 Å². The van der Waals surface area contributed by atoms with E-state index in [1.165, 1.54) is 0 Å². The molecule has 0 fully saturated rings. The maximum Gasteiger partial charge on any atom is 0.221 e. The fourth-order valence-corrected chi connectivity index (χ4v) is 2.93. The van der Waals surface area contributed by atoms with Crippen LogP contribution in [-0.4, -0.2) is 20.3 Å². The molecule has 4 rings (SSSR count). The normalized spacial score (nSPS) is 11.1. The Balaban J connectivity index is 1.74. The molecule has 25 heavy (non-hydrogen) atoms. The standard InChI is InChI=1S/C18H14ClN5O/c19-12-3-6-14-15(8-12)24-10-21-9-16(24)18(23-14)22-13-4-1-11(2-5-13)7-17(20)25/h1-6,8-10H,7H2,(H2,20,25)(H,22,23). The molecule has 0 radical (unpaired) electrons. The number of imidazole rings is 1. The molecule has 0 saturated heterocycles. The quantitative estimate of drug-likeness (QED) is 0.590. The van der Waals surface area contributed by atoms with Gasteiger partial charge in [0.2, 0.25) is 5.91 Å². The molecule has 0 saturated carbocycles. The summed E-state index contributed by atoms with van der Waals surface area (Å²) in [6.07, 6.45) is 3.70. The van der Waals surface area contributed by atoms with Gasteiger partial charge in [-0.25, -0.2) is 9.97 Å². The summed E-state index contributed by atoms with van der Waals surface area (Å²) in [6.45, 7) is 0. The summed E-state index contributed by atoms with van der Waals surface area (Å²) < 4.78 is 1.94. The molecule has 2 aromatic carbocycles. The molecule has 1 amide bonds. The van der Waals surface area contributed by atoms with Crippen molar-refractivity contribution in [2.24, 2.45) is 5.73 Å². The van der Waals surface area contributed by atoms with Crippen molar-refractivity contribution >= 4 is 45.6 Å². The third kappa shape index (κ3) is 2.99. The van der Waals surface area contributed by atoms with Gasteiger partial charge in [0.15, 0.2) is 5.82 Å². The number of amides is 1. The van der Waals surface area contributed by atoms with Crippen LogP contribution in [0.5, 0.6) is 0 Å². The molecule has 7 heteroatoms. The average Bonchev–Trinajstić information content (AvgIpc) is 3.07. The van der Waals surface area contributed by atoms with Crippen molar-refractivity contribution in [3.05, 3.63) is 65.6 Å². The molecule has 0 aliphatic rings. The highest BCUT2D eigenvalue weighted by Gasteiger charge is 2.10. The minimum absolute atomic E-state index is 0.224. The number of nitrogens with one attached hydrogen (secondary N) is 1. The smallest absolute Gasteiger partial charge is 0.221 e. The first-order chi connectivity index (χ1) is 12.1. The van der Waals surface area contributed by atoms with Crippen molar-refractivity contribution < 1.29 is 4.79 Å². The van der Waals surface area contributed by atoms with E-state index >= 15 is 0 Å². The van der Waals surface area contributed by atoms with Crippen molar-refractivity contribution in [1.82, 2.24) is 14.4 Å². The number of benzene rings is 2. The van der Waals surface area contributed by atoms with Crippen LogP contribution in [0.1, 0.15) is 5.56 Å². The predicted octanol–water partition coefficient (Wildman–Crippen LogP) is 3.31. The van der Waals surface area contributed by atoms with E-state index < -0.39 is 0 Å². The molecule has 124 valence electrons. The van der Waals surface area contributed by atoms with Gasteiger partial charge in [-0.15, -0.1) is 0 Å². The Morgan fingerprint density at radius 2 is 1.96 bits per heavy atom. The Labute approximate surface area is 148 Å². The summed E-state index contributed by atoms with van der Waals surface area (Å²) >= 11 is 6.10. The van der Waals surface area contributed by atoms with Gasteiger partial charge >= 0.3 is 0 Å². The van der Waals surface area contributed by atoms with Crippen molar-refractivity contribution in [2.75, 3.05) is 5.32 Å².